The van der Waals surface area contributed by atoms with E-state index >= 15 is 0 Å². The molecule has 3 aromatic carbocycles. The zero-order valence-corrected chi connectivity index (χ0v) is 22.4. The van der Waals surface area contributed by atoms with E-state index in [1.807, 2.05) is 60.7 Å². The zero-order chi connectivity index (χ0) is 27.7. The molecule has 7 nitrogen and oxygen atoms in total. The average molecular weight is 534 g/mol. The zero-order valence-electron chi connectivity index (χ0n) is 22.4. The lowest BCUT2D eigenvalue weighted by Crippen LogP contribution is -2.53. The van der Waals surface area contributed by atoms with E-state index < -0.39 is 6.04 Å². The van der Waals surface area contributed by atoms with Crippen LogP contribution < -0.4 is 27.0 Å². The largest absolute Gasteiger partial charge is 0.351 e. The van der Waals surface area contributed by atoms with Crippen LogP contribution in [0.3, 0.4) is 0 Å². The third kappa shape index (κ3) is 11.7. The molecule has 6 N–H and O–H groups in total. The molecule has 0 aliphatic heterocycles. The number of carbonyl (C=O) groups is 2. The van der Waals surface area contributed by atoms with Crippen LogP contribution in [0.2, 0.25) is 0 Å². The highest BCUT2D eigenvalue weighted by molar-refractivity contribution is 5.81. The number of carbonyl (C=O) groups excluding carboxylic acids is 2. The molecule has 0 radical (unpaired) electrons. The Morgan fingerprint density at radius 2 is 1.44 bits per heavy atom. The van der Waals surface area contributed by atoms with Crippen LogP contribution in [0.4, 0.5) is 9.18 Å². The number of benzene rings is 3. The second kappa shape index (κ2) is 17.0. The maximum absolute atomic E-state index is 13.2. The van der Waals surface area contributed by atoms with Gasteiger partial charge in [-0.1, -0.05) is 79.2 Å². The average Bonchev–Trinajstić information content (AvgIpc) is 2.96. The Kier molecular flexibility index (Phi) is 13.0. The van der Waals surface area contributed by atoms with E-state index in [9.17, 15) is 14.0 Å². The molecular formula is C31H40FN5O2. The fourth-order valence-electron chi connectivity index (χ4n) is 4.31. The molecule has 208 valence electrons. The second-order valence-corrected chi connectivity index (χ2v) is 9.61. The Morgan fingerprint density at radius 1 is 0.769 bits per heavy atom. The van der Waals surface area contributed by atoms with Gasteiger partial charge in [-0.25, -0.2) is 9.18 Å². The van der Waals surface area contributed by atoms with Crippen molar-refractivity contribution in [3.63, 3.8) is 0 Å². The number of hydrogen-bond donors (Lipinski definition) is 5. The molecule has 0 spiro atoms. The molecule has 0 unspecified atom stereocenters. The van der Waals surface area contributed by atoms with E-state index in [-0.39, 0.29) is 23.8 Å². The van der Waals surface area contributed by atoms with Crippen molar-refractivity contribution in [2.24, 2.45) is 5.73 Å². The van der Waals surface area contributed by atoms with Gasteiger partial charge in [-0.2, -0.15) is 0 Å². The summed E-state index contributed by atoms with van der Waals surface area (Å²) in [7, 11) is 0. The highest BCUT2D eigenvalue weighted by Gasteiger charge is 2.22. The van der Waals surface area contributed by atoms with Gasteiger partial charge in [-0.05, 0) is 61.1 Å². The summed E-state index contributed by atoms with van der Waals surface area (Å²) in [5.74, 6) is -0.353. The van der Waals surface area contributed by atoms with Crippen molar-refractivity contribution in [1.82, 2.24) is 21.3 Å². The Morgan fingerprint density at radius 3 is 2.10 bits per heavy atom. The summed E-state index contributed by atoms with van der Waals surface area (Å²) in [5, 5.41) is 12.4. The number of nitrogens with one attached hydrogen (secondary N) is 4. The van der Waals surface area contributed by atoms with Crippen LogP contribution in [-0.2, 0) is 24.2 Å². The molecule has 8 heteroatoms. The molecule has 0 fully saturated rings. The maximum atomic E-state index is 13.2. The van der Waals surface area contributed by atoms with Gasteiger partial charge in [0.25, 0.3) is 0 Å². The highest BCUT2D eigenvalue weighted by Crippen LogP contribution is 2.08. The van der Waals surface area contributed by atoms with Crippen LogP contribution in [-0.4, -0.2) is 43.7 Å². The third-order valence-corrected chi connectivity index (χ3v) is 6.46. The van der Waals surface area contributed by atoms with Crippen LogP contribution >= 0.6 is 0 Å². The van der Waals surface area contributed by atoms with E-state index in [1.54, 1.807) is 12.1 Å². The van der Waals surface area contributed by atoms with Gasteiger partial charge in [0.1, 0.15) is 5.82 Å². The maximum Gasteiger partial charge on any atom is 0.314 e. The van der Waals surface area contributed by atoms with Gasteiger partial charge in [0.05, 0.1) is 6.04 Å². The van der Waals surface area contributed by atoms with Gasteiger partial charge in [0.15, 0.2) is 0 Å². The molecule has 0 heterocycles. The predicted octanol–water partition coefficient (Wildman–Crippen LogP) is 3.68. The molecule has 0 aliphatic carbocycles. The van der Waals surface area contributed by atoms with E-state index in [0.29, 0.717) is 45.4 Å². The summed E-state index contributed by atoms with van der Waals surface area (Å²) in [6, 6.07) is 25.2. The van der Waals surface area contributed by atoms with Gasteiger partial charge in [-0.3, -0.25) is 4.79 Å². The summed E-state index contributed by atoms with van der Waals surface area (Å²) < 4.78 is 13.1. The normalized spacial score (nSPS) is 12.4. The van der Waals surface area contributed by atoms with Crippen LogP contribution in [0, 0.1) is 5.82 Å². The molecular weight excluding hydrogens is 493 g/mol. The van der Waals surface area contributed by atoms with Crippen molar-refractivity contribution in [2.75, 3.05) is 19.6 Å². The minimum absolute atomic E-state index is 0.0716. The van der Waals surface area contributed by atoms with E-state index in [0.717, 1.165) is 29.5 Å². The van der Waals surface area contributed by atoms with Crippen LogP contribution in [0.1, 0.15) is 36.0 Å². The molecule has 0 aliphatic rings. The fourth-order valence-corrected chi connectivity index (χ4v) is 4.31. The highest BCUT2D eigenvalue weighted by atomic mass is 19.1. The molecule has 3 rings (SSSR count). The molecule has 2 atom stereocenters. The number of unbranched alkanes of at least 4 members (excludes halogenated alkanes) is 1. The Labute approximate surface area is 230 Å². The third-order valence-electron chi connectivity index (χ3n) is 6.46. The quantitative estimate of drug-likeness (QED) is 0.181. The predicted molar refractivity (Wildman–Crippen MR) is 154 cm³/mol. The van der Waals surface area contributed by atoms with Crippen LogP contribution in [0.5, 0.6) is 0 Å². The second-order valence-electron chi connectivity index (χ2n) is 9.61. The van der Waals surface area contributed by atoms with Crippen molar-refractivity contribution < 1.29 is 14.0 Å². The Hall–Kier alpha value is -3.75. The topological polar surface area (TPSA) is 108 Å². The summed E-state index contributed by atoms with van der Waals surface area (Å²) in [6.45, 7) is 1.80. The molecule has 39 heavy (non-hydrogen) atoms. The Balaban J connectivity index is 1.58. The number of amides is 3. The van der Waals surface area contributed by atoms with E-state index in [1.165, 1.54) is 12.1 Å². The molecule has 3 aromatic rings. The minimum Gasteiger partial charge on any atom is -0.351 e. The number of halogens is 1. The van der Waals surface area contributed by atoms with Crippen molar-refractivity contribution in [3.8, 4) is 0 Å². The molecule has 0 aromatic heterocycles. The van der Waals surface area contributed by atoms with Gasteiger partial charge >= 0.3 is 6.03 Å². The monoisotopic (exact) mass is 533 g/mol. The summed E-state index contributed by atoms with van der Waals surface area (Å²) in [5.41, 5.74) is 8.79. The smallest absolute Gasteiger partial charge is 0.314 e. The van der Waals surface area contributed by atoms with E-state index in [2.05, 4.69) is 21.3 Å². The number of urea groups is 1. The molecule has 3 amide bonds. The first-order chi connectivity index (χ1) is 19.0. The van der Waals surface area contributed by atoms with Crippen LogP contribution in [0.25, 0.3) is 0 Å². The minimum atomic E-state index is -0.419. The summed E-state index contributed by atoms with van der Waals surface area (Å²) in [4.78, 5) is 25.7. The number of nitrogens with two attached hydrogens (primary N) is 1. The lowest BCUT2D eigenvalue weighted by molar-refractivity contribution is -0.123. The number of rotatable bonds is 16. The van der Waals surface area contributed by atoms with Gasteiger partial charge in [0.2, 0.25) is 5.91 Å². The number of hydrogen-bond acceptors (Lipinski definition) is 4. The summed E-state index contributed by atoms with van der Waals surface area (Å²) in [6.07, 6.45) is 3.55. The fraction of sp³-hybridized carbons (Fsp3) is 0.355. The van der Waals surface area contributed by atoms with Gasteiger partial charge in [-0.15, -0.1) is 0 Å². The lowest BCUT2D eigenvalue weighted by Gasteiger charge is -2.26. The molecule has 0 saturated carbocycles. The Bertz CT molecular complexity index is 1110. The molecule has 0 bridgehead atoms. The SMILES string of the molecule is NCCCC[C@H](N[C@@H](CNC(=O)NCCc1ccc(F)cc1)Cc1ccccc1)C(=O)NCc1ccccc1. The first kappa shape index (κ1) is 29.8. The molecule has 0 saturated heterocycles. The van der Waals surface area contributed by atoms with Crippen molar-refractivity contribution >= 4 is 11.9 Å². The van der Waals surface area contributed by atoms with Gasteiger partial charge < -0.3 is 27.0 Å². The lowest BCUT2D eigenvalue weighted by atomic mass is 10.0. The van der Waals surface area contributed by atoms with E-state index in [4.69, 9.17) is 5.73 Å². The standard InChI is InChI=1S/C31H40FN5O2/c32-27-16-14-24(15-17-27)18-20-34-31(39)36-23-28(21-25-9-3-1-4-10-25)37-29(13-7-8-19-33)30(38)35-22-26-11-5-2-6-12-26/h1-6,9-12,14-17,28-29,37H,7-8,13,18-23,33H2,(H,35,38)(H2,34,36,39)/t28-,29+/m1/s1. The first-order valence-electron chi connectivity index (χ1n) is 13.6. The first-order valence-corrected chi connectivity index (χ1v) is 13.6. The van der Waals surface area contributed by atoms with Crippen LogP contribution in [0.15, 0.2) is 84.9 Å². The van der Waals surface area contributed by atoms with Gasteiger partial charge in [0, 0.05) is 25.7 Å². The summed E-state index contributed by atoms with van der Waals surface area (Å²) >= 11 is 0. The van der Waals surface area contributed by atoms with Crippen molar-refractivity contribution in [3.05, 3.63) is 107 Å². The van der Waals surface area contributed by atoms with Crippen molar-refractivity contribution in [1.29, 1.82) is 0 Å². The van der Waals surface area contributed by atoms with Crippen molar-refractivity contribution in [2.45, 2.75) is 50.7 Å².